The minimum Gasteiger partial charge on any atom is -0.449 e. The number of carbonyl (C=O) groups is 1. The predicted octanol–water partition coefficient (Wildman–Crippen LogP) is 0.0365. The lowest BCUT2D eigenvalue weighted by Gasteiger charge is -2.36. The molecule has 2 unspecified atom stereocenters. The van der Waals surface area contributed by atoms with E-state index < -0.39 is 16.3 Å². The smallest absolute Gasteiger partial charge is 0.421 e. The molecule has 1 saturated heterocycles. The molecule has 1 amide bonds. The Morgan fingerprint density at radius 3 is 2.78 bits per heavy atom. The molecule has 0 spiro atoms. The second kappa shape index (κ2) is 6.35. The Bertz CT molecular complexity index is 385. The van der Waals surface area contributed by atoms with Crippen molar-refractivity contribution in [3.63, 3.8) is 0 Å². The van der Waals surface area contributed by atoms with Gasteiger partial charge in [-0.05, 0) is 25.7 Å². The van der Waals surface area contributed by atoms with Crippen LogP contribution in [0.2, 0.25) is 0 Å². The molecule has 1 aliphatic rings. The SMILES string of the molecule is CCOC(=O)NS(=O)(=O)N1CCC(C)CC1CN. The monoisotopic (exact) mass is 279 g/mol. The highest BCUT2D eigenvalue weighted by atomic mass is 32.2. The molecule has 1 rings (SSSR count). The van der Waals surface area contributed by atoms with Crippen molar-refractivity contribution < 1.29 is 17.9 Å². The van der Waals surface area contributed by atoms with Gasteiger partial charge >= 0.3 is 16.3 Å². The Hall–Kier alpha value is -0.860. The molecule has 0 aromatic rings. The van der Waals surface area contributed by atoms with Crippen LogP contribution in [-0.2, 0) is 14.9 Å². The summed E-state index contributed by atoms with van der Waals surface area (Å²) in [6.45, 7) is 4.41. The number of hydrogen-bond donors (Lipinski definition) is 2. The van der Waals surface area contributed by atoms with Crippen molar-refractivity contribution in [2.24, 2.45) is 11.7 Å². The number of amides is 1. The van der Waals surface area contributed by atoms with E-state index in [9.17, 15) is 13.2 Å². The van der Waals surface area contributed by atoms with Crippen LogP contribution in [0.4, 0.5) is 4.79 Å². The number of ether oxygens (including phenoxy) is 1. The van der Waals surface area contributed by atoms with Crippen LogP contribution in [0.5, 0.6) is 0 Å². The minimum absolute atomic E-state index is 0.124. The van der Waals surface area contributed by atoms with Crippen molar-refractivity contribution in [1.82, 2.24) is 9.03 Å². The van der Waals surface area contributed by atoms with E-state index in [0.717, 1.165) is 6.42 Å². The van der Waals surface area contributed by atoms with Crippen molar-refractivity contribution in [2.75, 3.05) is 19.7 Å². The first-order valence-corrected chi connectivity index (χ1v) is 7.51. The van der Waals surface area contributed by atoms with Gasteiger partial charge in [0.25, 0.3) is 0 Å². The Morgan fingerprint density at radius 1 is 1.56 bits per heavy atom. The van der Waals surface area contributed by atoms with Crippen LogP contribution in [0, 0.1) is 5.92 Å². The molecule has 1 heterocycles. The third kappa shape index (κ3) is 3.82. The standard InChI is InChI=1S/C10H21N3O4S/c1-3-17-10(14)12-18(15,16)13-5-4-8(2)6-9(13)7-11/h8-9H,3-7,11H2,1-2H3,(H,12,14). The largest absolute Gasteiger partial charge is 0.449 e. The third-order valence-corrected chi connectivity index (χ3v) is 4.52. The van der Waals surface area contributed by atoms with Gasteiger partial charge in [0.15, 0.2) is 0 Å². The first-order valence-electron chi connectivity index (χ1n) is 6.07. The molecular formula is C10H21N3O4S. The van der Waals surface area contributed by atoms with Crippen molar-refractivity contribution in [2.45, 2.75) is 32.7 Å². The lowest BCUT2D eigenvalue weighted by Crippen LogP contribution is -2.54. The van der Waals surface area contributed by atoms with Crippen molar-refractivity contribution in [1.29, 1.82) is 0 Å². The van der Waals surface area contributed by atoms with Crippen molar-refractivity contribution in [3.05, 3.63) is 0 Å². The van der Waals surface area contributed by atoms with E-state index in [1.807, 2.05) is 4.72 Å². The fourth-order valence-electron chi connectivity index (χ4n) is 2.08. The van der Waals surface area contributed by atoms with Gasteiger partial charge in [0.05, 0.1) is 6.61 Å². The summed E-state index contributed by atoms with van der Waals surface area (Å²) in [6, 6.07) is -0.263. The summed E-state index contributed by atoms with van der Waals surface area (Å²) in [6.07, 6.45) is 0.521. The van der Waals surface area contributed by atoms with Crippen LogP contribution in [-0.4, -0.2) is 44.6 Å². The molecule has 2 atom stereocenters. The van der Waals surface area contributed by atoms with E-state index in [1.165, 1.54) is 4.31 Å². The molecule has 0 radical (unpaired) electrons. The molecule has 0 aliphatic carbocycles. The fraction of sp³-hybridized carbons (Fsp3) is 0.900. The van der Waals surface area contributed by atoms with Crippen molar-refractivity contribution >= 4 is 16.3 Å². The lowest BCUT2D eigenvalue weighted by molar-refractivity contribution is 0.156. The maximum atomic E-state index is 12.0. The summed E-state index contributed by atoms with van der Waals surface area (Å²) in [7, 11) is -3.86. The zero-order valence-electron chi connectivity index (χ0n) is 10.8. The number of hydrogen-bond acceptors (Lipinski definition) is 5. The van der Waals surface area contributed by atoms with Gasteiger partial charge in [-0.1, -0.05) is 6.92 Å². The summed E-state index contributed by atoms with van der Waals surface area (Å²) in [4.78, 5) is 11.2. The minimum atomic E-state index is -3.86. The number of piperidine rings is 1. The average molecular weight is 279 g/mol. The number of nitrogens with one attached hydrogen (secondary N) is 1. The molecule has 0 aromatic heterocycles. The quantitative estimate of drug-likeness (QED) is 0.756. The van der Waals surface area contributed by atoms with Crippen molar-refractivity contribution in [3.8, 4) is 0 Å². The van der Waals surface area contributed by atoms with Gasteiger partial charge in [0.1, 0.15) is 0 Å². The average Bonchev–Trinajstić information content (AvgIpc) is 2.27. The molecule has 3 N–H and O–H groups in total. The Kier molecular flexibility index (Phi) is 5.36. The number of carbonyl (C=O) groups excluding carboxylic acids is 1. The maximum absolute atomic E-state index is 12.0. The summed E-state index contributed by atoms with van der Waals surface area (Å²) < 4.78 is 31.7. The molecule has 1 aliphatic heterocycles. The molecule has 0 aromatic carbocycles. The summed E-state index contributed by atoms with van der Waals surface area (Å²) >= 11 is 0. The van der Waals surface area contributed by atoms with E-state index in [1.54, 1.807) is 6.92 Å². The first-order chi connectivity index (χ1) is 8.40. The lowest BCUT2D eigenvalue weighted by atomic mass is 9.94. The van der Waals surface area contributed by atoms with Gasteiger partial charge in [-0.15, -0.1) is 0 Å². The highest BCUT2D eigenvalue weighted by molar-refractivity contribution is 7.87. The first kappa shape index (κ1) is 15.2. The van der Waals surface area contributed by atoms with Crippen LogP contribution >= 0.6 is 0 Å². The second-order valence-electron chi connectivity index (χ2n) is 4.46. The van der Waals surface area contributed by atoms with Gasteiger partial charge in [0, 0.05) is 19.1 Å². The third-order valence-electron chi connectivity index (χ3n) is 2.99. The summed E-state index contributed by atoms with van der Waals surface area (Å²) in [5.74, 6) is 0.438. The van der Waals surface area contributed by atoms with Crippen LogP contribution in [0.3, 0.4) is 0 Å². The molecule has 7 nitrogen and oxygen atoms in total. The van der Waals surface area contributed by atoms with Crippen LogP contribution in [0.15, 0.2) is 0 Å². The predicted molar refractivity (Wildman–Crippen MR) is 67.0 cm³/mol. The van der Waals surface area contributed by atoms with E-state index in [4.69, 9.17) is 5.73 Å². The van der Waals surface area contributed by atoms with E-state index in [2.05, 4.69) is 11.7 Å². The molecular weight excluding hydrogens is 258 g/mol. The molecule has 1 fully saturated rings. The number of rotatable bonds is 4. The molecule has 0 bridgehead atoms. The van der Waals surface area contributed by atoms with Crippen LogP contribution in [0.25, 0.3) is 0 Å². The molecule has 106 valence electrons. The molecule has 8 heteroatoms. The normalized spacial score (nSPS) is 25.7. The molecule has 18 heavy (non-hydrogen) atoms. The zero-order valence-corrected chi connectivity index (χ0v) is 11.6. The summed E-state index contributed by atoms with van der Waals surface area (Å²) in [5.41, 5.74) is 5.59. The second-order valence-corrected chi connectivity index (χ2v) is 6.08. The van der Waals surface area contributed by atoms with E-state index >= 15 is 0 Å². The highest BCUT2D eigenvalue weighted by Gasteiger charge is 2.35. The number of nitrogens with two attached hydrogens (primary N) is 1. The van der Waals surface area contributed by atoms with Gasteiger partial charge in [-0.3, -0.25) is 0 Å². The number of nitrogens with zero attached hydrogens (tertiary/aromatic N) is 1. The summed E-state index contributed by atoms with van der Waals surface area (Å²) in [5, 5.41) is 0. The van der Waals surface area contributed by atoms with Gasteiger partial charge in [-0.2, -0.15) is 12.7 Å². The van der Waals surface area contributed by atoms with Crippen LogP contribution in [0.1, 0.15) is 26.7 Å². The topological polar surface area (TPSA) is 102 Å². The zero-order chi connectivity index (χ0) is 13.8. The Morgan fingerprint density at radius 2 is 2.22 bits per heavy atom. The highest BCUT2D eigenvalue weighted by Crippen LogP contribution is 2.23. The fourth-order valence-corrected chi connectivity index (χ4v) is 3.38. The van der Waals surface area contributed by atoms with Gasteiger partial charge < -0.3 is 10.5 Å². The molecule has 0 saturated carbocycles. The van der Waals surface area contributed by atoms with E-state index in [-0.39, 0.29) is 19.2 Å². The Balaban J connectivity index is 2.74. The van der Waals surface area contributed by atoms with Gasteiger partial charge in [0.2, 0.25) is 0 Å². The maximum Gasteiger partial charge on any atom is 0.421 e. The van der Waals surface area contributed by atoms with Crippen LogP contribution < -0.4 is 10.5 Å². The van der Waals surface area contributed by atoms with E-state index in [0.29, 0.717) is 18.9 Å². The van der Waals surface area contributed by atoms with Gasteiger partial charge in [-0.25, -0.2) is 9.52 Å². The Labute approximate surface area is 108 Å².